The van der Waals surface area contributed by atoms with Crippen molar-refractivity contribution in [2.75, 3.05) is 13.2 Å². The molecule has 0 saturated carbocycles. The Balaban J connectivity index is 1.83. The molecule has 0 radical (unpaired) electrons. The third kappa shape index (κ3) is 3.39. The Hall–Kier alpha value is -2.85. The largest absolute Gasteiger partial charge is 0.490 e. The normalized spacial score (nSPS) is 12.0. The van der Waals surface area contributed by atoms with E-state index < -0.39 is 12.1 Å². The summed E-state index contributed by atoms with van der Waals surface area (Å²) in [6.07, 6.45) is 0.156. The molecule has 3 aromatic rings. The highest BCUT2D eigenvalue weighted by molar-refractivity contribution is 6.10. The second-order valence-electron chi connectivity index (χ2n) is 5.44. The molecule has 4 nitrogen and oxygen atoms in total. The Bertz CT molecular complexity index is 885. The lowest BCUT2D eigenvalue weighted by molar-refractivity contribution is -0.141. The molecule has 4 heteroatoms. The number of hydrogen-bond donors (Lipinski definition) is 1. The molecule has 0 aliphatic heterocycles. The smallest absolute Gasteiger partial charge is 0.330 e. The van der Waals surface area contributed by atoms with Crippen molar-refractivity contribution < 1.29 is 19.4 Å². The number of carbonyl (C=O) groups is 1. The Morgan fingerprint density at radius 2 is 1.71 bits per heavy atom. The molecule has 1 N–H and O–H groups in total. The molecule has 0 saturated heterocycles. The zero-order chi connectivity index (χ0) is 16.9. The van der Waals surface area contributed by atoms with Crippen molar-refractivity contribution in [1.82, 2.24) is 0 Å². The molecule has 0 aliphatic rings. The summed E-state index contributed by atoms with van der Waals surface area (Å²) in [6, 6.07) is 18.0. The summed E-state index contributed by atoms with van der Waals surface area (Å²) in [7, 11) is 0. The molecule has 0 aromatic heterocycles. The molecule has 0 heterocycles. The van der Waals surface area contributed by atoms with Gasteiger partial charge in [0.1, 0.15) is 25.1 Å². The minimum absolute atomic E-state index is 0.0345. The molecule has 0 bridgehead atoms. The van der Waals surface area contributed by atoms with Gasteiger partial charge in [0.2, 0.25) is 0 Å². The maximum absolute atomic E-state index is 11.0. The van der Waals surface area contributed by atoms with Gasteiger partial charge in [-0.2, -0.15) is 0 Å². The second-order valence-corrected chi connectivity index (χ2v) is 5.44. The number of carbonyl (C=O) groups excluding carboxylic acids is 1. The molecule has 0 amide bonds. The van der Waals surface area contributed by atoms with Crippen LogP contribution in [0.15, 0.2) is 67.3 Å². The molecular weight excluding hydrogens is 304 g/mol. The molecule has 1 atom stereocenters. The third-order valence-corrected chi connectivity index (χ3v) is 3.75. The van der Waals surface area contributed by atoms with E-state index in [2.05, 4.69) is 12.6 Å². The highest BCUT2D eigenvalue weighted by Gasteiger charge is 2.11. The Kier molecular flexibility index (Phi) is 4.77. The maximum atomic E-state index is 11.0. The number of fused-ring (bicyclic) bond motifs is 3. The van der Waals surface area contributed by atoms with Gasteiger partial charge in [0.25, 0.3) is 0 Å². The van der Waals surface area contributed by atoms with Gasteiger partial charge in [-0.25, -0.2) is 4.79 Å². The van der Waals surface area contributed by atoms with Crippen LogP contribution in [0.1, 0.15) is 0 Å². The molecule has 3 aromatic carbocycles. The van der Waals surface area contributed by atoms with Gasteiger partial charge >= 0.3 is 5.97 Å². The van der Waals surface area contributed by atoms with Crippen LogP contribution in [-0.4, -0.2) is 30.4 Å². The number of aliphatic hydroxyl groups excluding tert-OH is 1. The quantitative estimate of drug-likeness (QED) is 0.429. The van der Waals surface area contributed by atoms with Crippen LogP contribution in [-0.2, 0) is 9.53 Å². The number of benzene rings is 3. The van der Waals surface area contributed by atoms with Crippen LogP contribution in [0.25, 0.3) is 21.5 Å². The summed E-state index contributed by atoms with van der Waals surface area (Å²) in [5.74, 6) is 0.128. The first kappa shape index (κ1) is 16.0. The molecule has 1 unspecified atom stereocenters. The van der Waals surface area contributed by atoms with E-state index in [1.807, 2.05) is 48.5 Å². The molecule has 24 heavy (non-hydrogen) atoms. The summed E-state index contributed by atoms with van der Waals surface area (Å²) >= 11 is 0. The van der Waals surface area contributed by atoms with Crippen molar-refractivity contribution in [3.63, 3.8) is 0 Å². The summed E-state index contributed by atoms with van der Waals surface area (Å²) in [5, 5.41) is 14.2. The Morgan fingerprint density at radius 3 is 2.46 bits per heavy atom. The van der Waals surface area contributed by atoms with Gasteiger partial charge in [-0.05, 0) is 22.2 Å². The average molecular weight is 322 g/mol. The van der Waals surface area contributed by atoms with Crippen LogP contribution in [0.4, 0.5) is 0 Å². The molecule has 122 valence electrons. The molecule has 0 aliphatic carbocycles. The van der Waals surface area contributed by atoms with Crippen LogP contribution in [0, 0.1) is 0 Å². The summed E-state index contributed by atoms with van der Waals surface area (Å²) in [4.78, 5) is 11.0. The zero-order valence-electron chi connectivity index (χ0n) is 13.1. The number of hydrogen-bond acceptors (Lipinski definition) is 4. The Labute approximate surface area is 139 Å². The lowest BCUT2D eigenvalue weighted by atomic mass is 10.0. The number of esters is 1. The summed E-state index contributed by atoms with van der Waals surface area (Å²) in [6.45, 7) is 3.21. The first-order valence-electron chi connectivity index (χ1n) is 7.69. The average Bonchev–Trinajstić information content (AvgIpc) is 2.64. The number of rotatable bonds is 6. The van der Waals surface area contributed by atoms with E-state index in [9.17, 15) is 9.90 Å². The molecule has 0 spiro atoms. The highest BCUT2D eigenvalue weighted by Crippen LogP contribution is 2.33. The second kappa shape index (κ2) is 7.15. The van der Waals surface area contributed by atoms with E-state index >= 15 is 0 Å². The minimum Gasteiger partial charge on any atom is -0.490 e. The van der Waals surface area contributed by atoms with Crippen LogP contribution in [0.3, 0.4) is 0 Å². The zero-order valence-corrected chi connectivity index (χ0v) is 13.1. The first-order chi connectivity index (χ1) is 11.7. The number of aliphatic hydroxyl groups is 1. The van der Waals surface area contributed by atoms with Crippen molar-refractivity contribution in [3.05, 3.63) is 67.3 Å². The van der Waals surface area contributed by atoms with Gasteiger partial charge in [0, 0.05) is 11.5 Å². The van der Waals surface area contributed by atoms with E-state index in [1.165, 1.54) is 0 Å². The van der Waals surface area contributed by atoms with E-state index in [1.54, 1.807) is 0 Å². The van der Waals surface area contributed by atoms with Crippen LogP contribution in [0.2, 0.25) is 0 Å². The fourth-order valence-corrected chi connectivity index (χ4v) is 2.61. The van der Waals surface area contributed by atoms with Crippen molar-refractivity contribution >= 4 is 27.5 Å². The van der Waals surface area contributed by atoms with E-state index in [-0.39, 0.29) is 13.2 Å². The van der Waals surface area contributed by atoms with Crippen molar-refractivity contribution in [1.29, 1.82) is 0 Å². The van der Waals surface area contributed by atoms with E-state index in [0.29, 0.717) is 5.75 Å². The maximum Gasteiger partial charge on any atom is 0.330 e. The van der Waals surface area contributed by atoms with Gasteiger partial charge in [-0.15, -0.1) is 0 Å². The fourth-order valence-electron chi connectivity index (χ4n) is 2.61. The molecule has 0 fully saturated rings. The lowest BCUT2D eigenvalue weighted by Gasteiger charge is -2.15. The number of ether oxygens (including phenoxy) is 2. The first-order valence-corrected chi connectivity index (χ1v) is 7.69. The van der Waals surface area contributed by atoms with Gasteiger partial charge in [-0.1, -0.05) is 55.1 Å². The van der Waals surface area contributed by atoms with E-state index in [4.69, 9.17) is 9.47 Å². The third-order valence-electron chi connectivity index (χ3n) is 3.75. The van der Waals surface area contributed by atoms with Crippen molar-refractivity contribution in [3.8, 4) is 5.75 Å². The lowest BCUT2D eigenvalue weighted by Crippen LogP contribution is -2.24. The minimum atomic E-state index is -0.904. The van der Waals surface area contributed by atoms with Crippen molar-refractivity contribution in [2.45, 2.75) is 6.10 Å². The van der Waals surface area contributed by atoms with Crippen LogP contribution in [0.5, 0.6) is 5.75 Å². The standard InChI is InChI=1S/C20H18O4/c1-2-20(22)24-13-15(21)12-23-19-11-14-7-3-4-8-16(14)17-9-5-6-10-18(17)19/h2-11,15,21H,1,12-13H2. The predicted octanol–water partition coefficient (Wildman–Crippen LogP) is 3.46. The highest BCUT2D eigenvalue weighted by atomic mass is 16.5. The fraction of sp³-hybridized carbons (Fsp3) is 0.150. The van der Waals surface area contributed by atoms with Crippen LogP contribution < -0.4 is 4.74 Å². The molecule has 3 rings (SSSR count). The summed E-state index contributed by atoms with van der Waals surface area (Å²) < 4.78 is 10.6. The predicted molar refractivity (Wildman–Crippen MR) is 94.1 cm³/mol. The SMILES string of the molecule is C=CC(=O)OCC(O)COc1cc2ccccc2c2ccccc12. The summed E-state index contributed by atoms with van der Waals surface area (Å²) in [5.41, 5.74) is 0. The molecular formula is C20H18O4. The topological polar surface area (TPSA) is 55.8 Å². The van der Waals surface area contributed by atoms with Gasteiger partial charge in [0.15, 0.2) is 0 Å². The van der Waals surface area contributed by atoms with E-state index in [0.717, 1.165) is 27.6 Å². The Morgan fingerprint density at radius 1 is 1.04 bits per heavy atom. The monoisotopic (exact) mass is 322 g/mol. The van der Waals surface area contributed by atoms with Gasteiger partial charge in [-0.3, -0.25) is 0 Å². The van der Waals surface area contributed by atoms with Gasteiger partial charge in [0.05, 0.1) is 0 Å². The van der Waals surface area contributed by atoms with Crippen LogP contribution >= 0.6 is 0 Å². The van der Waals surface area contributed by atoms with Crippen molar-refractivity contribution in [2.24, 2.45) is 0 Å². The van der Waals surface area contributed by atoms with Gasteiger partial charge < -0.3 is 14.6 Å².